The third-order valence-corrected chi connectivity index (χ3v) is 6.37. The highest BCUT2D eigenvalue weighted by atomic mass is 32.1. The number of amides is 4. The first-order chi connectivity index (χ1) is 13.5. The topological polar surface area (TPSA) is 69.7 Å². The minimum atomic E-state index is -1.06. The first-order valence-corrected chi connectivity index (χ1v) is 10.1. The van der Waals surface area contributed by atoms with E-state index >= 15 is 0 Å². The summed E-state index contributed by atoms with van der Waals surface area (Å²) >= 11 is 1.58. The van der Waals surface area contributed by atoms with Gasteiger partial charge in [0.2, 0.25) is 5.91 Å². The van der Waals surface area contributed by atoms with Crippen LogP contribution in [0.5, 0.6) is 0 Å². The number of urea groups is 1. The van der Waals surface area contributed by atoms with Crippen LogP contribution < -0.4 is 10.2 Å². The lowest BCUT2D eigenvalue weighted by Gasteiger charge is -2.31. The third kappa shape index (κ3) is 2.88. The monoisotopic (exact) mass is 401 g/mol. The number of thiophene rings is 1. The Hall–Kier alpha value is -2.74. The molecular weight excluding hydrogens is 381 g/mol. The Morgan fingerprint density at radius 1 is 1.29 bits per heavy atom. The SMILES string of the molecule is CCN(C(=O)CN1C(=O)N[C@]2(CCCc3sccc32)C1=O)c1ccc(F)cc1. The second-order valence-electron chi connectivity index (χ2n) is 6.95. The summed E-state index contributed by atoms with van der Waals surface area (Å²) in [5.41, 5.74) is 0.314. The highest BCUT2D eigenvalue weighted by Gasteiger charge is 2.54. The molecule has 1 spiro atoms. The molecule has 0 saturated carbocycles. The second kappa shape index (κ2) is 7.01. The number of nitrogens with one attached hydrogen (secondary N) is 1. The van der Waals surface area contributed by atoms with Gasteiger partial charge in [-0.15, -0.1) is 11.3 Å². The summed E-state index contributed by atoms with van der Waals surface area (Å²) in [6, 6.07) is 6.89. The van der Waals surface area contributed by atoms with Crippen molar-refractivity contribution >= 4 is 34.9 Å². The highest BCUT2D eigenvalue weighted by molar-refractivity contribution is 7.10. The molecular formula is C20H20FN3O3S. The minimum absolute atomic E-state index is 0.341. The van der Waals surface area contributed by atoms with Gasteiger partial charge in [0.1, 0.15) is 17.9 Å². The zero-order valence-corrected chi connectivity index (χ0v) is 16.2. The van der Waals surface area contributed by atoms with Gasteiger partial charge >= 0.3 is 6.03 Å². The van der Waals surface area contributed by atoms with E-state index in [1.165, 1.54) is 29.2 Å². The van der Waals surface area contributed by atoms with Gasteiger partial charge in [-0.05, 0) is 61.9 Å². The summed E-state index contributed by atoms with van der Waals surface area (Å²) < 4.78 is 13.2. The average Bonchev–Trinajstić information content (AvgIpc) is 3.25. The van der Waals surface area contributed by atoms with Crippen LogP contribution in [0, 0.1) is 5.82 Å². The van der Waals surface area contributed by atoms with Gasteiger partial charge in [-0.1, -0.05) is 0 Å². The van der Waals surface area contributed by atoms with Gasteiger partial charge in [0.25, 0.3) is 5.91 Å². The van der Waals surface area contributed by atoms with Gasteiger partial charge in [0.15, 0.2) is 0 Å². The number of hydrogen-bond donors (Lipinski definition) is 1. The zero-order chi connectivity index (χ0) is 19.9. The number of hydrogen-bond acceptors (Lipinski definition) is 4. The van der Waals surface area contributed by atoms with Gasteiger partial charge in [-0.2, -0.15) is 0 Å². The molecule has 1 aromatic heterocycles. The number of benzene rings is 1. The van der Waals surface area contributed by atoms with Crippen molar-refractivity contribution in [1.82, 2.24) is 10.2 Å². The summed E-state index contributed by atoms with van der Waals surface area (Å²) in [6.07, 6.45) is 2.23. The van der Waals surface area contributed by atoms with Crippen molar-refractivity contribution in [1.29, 1.82) is 0 Å². The van der Waals surface area contributed by atoms with Crippen LogP contribution in [0.1, 0.15) is 30.2 Å². The predicted octanol–water partition coefficient (Wildman–Crippen LogP) is 3.02. The number of fused-ring (bicyclic) bond motifs is 2. The van der Waals surface area contributed by atoms with Crippen molar-refractivity contribution < 1.29 is 18.8 Å². The van der Waals surface area contributed by atoms with E-state index in [-0.39, 0.29) is 12.5 Å². The standard InChI is InChI=1S/C20H20FN3O3S/c1-2-23(14-7-5-13(21)6-8-14)17(25)12-24-18(26)20(22-19(24)27)10-3-4-16-15(20)9-11-28-16/h5-9,11H,2-4,10,12H2,1H3,(H,22,27)/t20-/m0/s1. The van der Waals surface area contributed by atoms with E-state index in [2.05, 4.69) is 5.32 Å². The Bertz CT molecular complexity index is 942. The number of carbonyl (C=O) groups is 3. The molecule has 8 heteroatoms. The number of anilines is 1. The number of aryl methyl sites for hydroxylation is 1. The predicted molar refractivity (Wildman–Crippen MR) is 104 cm³/mol. The lowest BCUT2D eigenvalue weighted by atomic mass is 9.80. The Morgan fingerprint density at radius 3 is 2.75 bits per heavy atom. The van der Waals surface area contributed by atoms with Crippen LogP contribution in [0.4, 0.5) is 14.9 Å². The molecule has 0 unspecified atom stereocenters. The molecule has 0 radical (unpaired) electrons. The number of nitrogens with zero attached hydrogens (tertiary/aromatic N) is 2. The van der Waals surface area contributed by atoms with E-state index in [0.29, 0.717) is 18.7 Å². The van der Waals surface area contributed by atoms with Gasteiger partial charge in [0.05, 0.1) is 0 Å². The molecule has 2 aromatic rings. The fourth-order valence-electron chi connectivity index (χ4n) is 4.03. The fourth-order valence-corrected chi connectivity index (χ4v) is 5.03. The molecule has 2 aliphatic rings. The maximum atomic E-state index is 13.2. The van der Waals surface area contributed by atoms with Crippen LogP contribution in [0.25, 0.3) is 0 Å². The summed E-state index contributed by atoms with van der Waals surface area (Å²) in [7, 11) is 0. The number of rotatable bonds is 4. The average molecular weight is 401 g/mol. The van der Waals surface area contributed by atoms with E-state index in [1.807, 2.05) is 11.4 Å². The summed E-state index contributed by atoms with van der Waals surface area (Å²) in [5.74, 6) is -1.16. The largest absolute Gasteiger partial charge is 0.325 e. The third-order valence-electron chi connectivity index (χ3n) is 5.39. The Labute approximate surface area is 165 Å². The van der Waals surface area contributed by atoms with Crippen LogP contribution in [-0.2, 0) is 21.5 Å². The molecule has 2 heterocycles. The molecule has 1 N–H and O–H groups in total. The van der Waals surface area contributed by atoms with Crippen molar-refractivity contribution in [2.75, 3.05) is 18.0 Å². The number of likely N-dealkylation sites (N-methyl/N-ethyl adjacent to an activating group) is 1. The quantitative estimate of drug-likeness (QED) is 0.801. The van der Waals surface area contributed by atoms with Crippen molar-refractivity contribution in [2.45, 2.75) is 31.7 Å². The Kier molecular flexibility index (Phi) is 4.66. The molecule has 1 aromatic carbocycles. The first kappa shape index (κ1) is 18.6. The highest BCUT2D eigenvalue weighted by Crippen LogP contribution is 2.42. The number of carbonyl (C=O) groups excluding carboxylic acids is 3. The first-order valence-electron chi connectivity index (χ1n) is 9.23. The van der Waals surface area contributed by atoms with E-state index in [0.717, 1.165) is 28.2 Å². The molecule has 1 saturated heterocycles. The van der Waals surface area contributed by atoms with Crippen LogP contribution >= 0.6 is 11.3 Å². The van der Waals surface area contributed by atoms with Crippen LogP contribution in [0.15, 0.2) is 35.7 Å². The van der Waals surface area contributed by atoms with Gasteiger partial charge in [-0.3, -0.25) is 14.5 Å². The summed E-state index contributed by atoms with van der Waals surface area (Å²) in [5, 5.41) is 4.77. The van der Waals surface area contributed by atoms with Crippen LogP contribution in [0.3, 0.4) is 0 Å². The molecule has 1 aliphatic carbocycles. The second-order valence-corrected chi connectivity index (χ2v) is 7.95. The van der Waals surface area contributed by atoms with Gasteiger partial charge < -0.3 is 10.2 Å². The van der Waals surface area contributed by atoms with Crippen molar-refractivity contribution in [3.8, 4) is 0 Å². The lowest BCUT2D eigenvalue weighted by Crippen LogP contribution is -2.47. The van der Waals surface area contributed by atoms with E-state index in [4.69, 9.17) is 0 Å². The number of halogens is 1. The van der Waals surface area contributed by atoms with Crippen LogP contribution in [0.2, 0.25) is 0 Å². The fraction of sp³-hybridized carbons (Fsp3) is 0.350. The van der Waals surface area contributed by atoms with E-state index in [1.54, 1.807) is 18.3 Å². The molecule has 0 bridgehead atoms. The van der Waals surface area contributed by atoms with Gasteiger partial charge in [-0.25, -0.2) is 9.18 Å². The molecule has 1 aliphatic heterocycles. The number of imide groups is 1. The molecule has 6 nitrogen and oxygen atoms in total. The molecule has 4 amide bonds. The maximum absolute atomic E-state index is 13.2. The zero-order valence-electron chi connectivity index (χ0n) is 15.4. The molecule has 1 atom stereocenters. The summed E-state index contributed by atoms with van der Waals surface area (Å²) in [6.45, 7) is 1.78. The lowest BCUT2D eigenvalue weighted by molar-refractivity contribution is -0.135. The molecule has 1 fully saturated rings. The Balaban J connectivity index is 1.57. The van der Waals surface area contributed by atoms with Crippen molar-refractivity contribution in [2.24, 2.45) is 0 Å². The molecule has 28 heavy (non-hydrogen) atoms. The van der Waals surface area contributed by atoms with Crippen LogP contribution in [-0.4, -0.2) is 35.8 Å². The smallest absolute Gasteiger partial charge is 0.319 e. The minimum Gasteiger partial charge on any atom is -0.319 e. The maximum Gasteiger partial charge on any atom is 0.325 e. The van der Waals surface area contributed by atoms with Crippen molar-refractivity contribution in [3.05, 3.63) is 52.0 Å². The Morgan fingerprint density at radius 2 is 2.04 bits per heavy atom. The molecule has 4 rings (SSSR count). The van der Waals surface area contributed by atoms with Gasteiger partial charge in [0, 0.05) is 22.7 Å². The molecule has 146 valence electrons. The van der Waals surface area contributed by atoms with E-state index < -0.39 is 23.3 Å². The summed E-state index contributed by atoms with van der Waals surface area (Å²) in [4.78, 5) is 42.2. The van der Waals surface area contributed by atoms with Crippen molar-refractivity contribution in [3.63, 3.8) is 0 Å². The van der Waals surface area contributed by atoms with E-state index in [9.17, 15) is 18.8 Å². The normalized spacial score (nSPS) is 21.0.